The molecule has 28 heavy (non-hydrogen) atoms. The summed E-state index contributed by atoms with van der Waals surface area (Å²) in [6.45, 7) is 6.76. The normalized spacial score (nSPS) is 10.8. The Morgan fingerprint density at radius 3 is 2.32 bits per heavy atom. The fourth-order valence-electron chi connectivity index (χ4n) is 2.65. The standard InChI is InChI=1S/C21H30N4O2.HI/c1-4-26-19-10-9-17(16-20(19)27-5-2)11-14-24-21(22-3)25-15-12-18-8-6-7-13-23-18;/h6-10,13,16H,4-5,11-12,14-15H2,1-3H3,(H2,22,24,25);1H. The van der Waals surface area contributed by atoms with Gasteiger partial charge in [-0.15, -0.1) is 24.0 Å². The summed E-state index contributed by atoms with van der Waals surface area (Å²) in [6.07, 6.45) is 3.54. The number of hydrogen-bond acceptors (Lipinski definition) is 4. The second-order valence-corrected chi connectivity index (χ2v) is 5.89. The third kappa shape index (κ3) is 8.33. The maximum atomic E-state index is 5.69. The van der Waals surface area contributed by atoms with Crippen LogP contribution in [-0.2, 0) is 12.8 Å². The zero-order valence-electron chi connectivity index (χ0n) is 16.9. The highest BCUT2D eigenvalue weighted by Gasteiger charge is 2.06. The molecule has 154 valence electrons. The van der Waals surface area contributed by atoms with Gasteiger partial charge in [-0.1, -0.05) is 12.1 Å². The second kappa shape index (κ2) is 14.0. The van der Waals surface area contributed by atoms with Crippen LogP contribution in [0.4, 0.5) is 0 Å². The Hall–Kier alpha value is -2.03. The summed E-state index contributed by atoms with van der Waals surface area (Å²) in [6, 6.07) is 12.1. The molecule has 2 N–H and O–H groups in total. The van der Waals surface area contributed by atoms with Crippen LogP contribution in [0.2, 0.25) is 0 Å². The lowest BCUT2D eigenvalue weighted by atomic mass is 10.1. The first-order chi connectivity index (χ1) is 13.3. The third-order valence-corrected chi connectivity index (χ3v) is 3.94. The Balaban J connectivity index is 0.00000392. The van der Waals surface area contributed by atoms with Crippen LogP contribution in [0.25, 0.3) is 0 Å². The predicted octanol–water partition coefficient (Wildman–Crippen LogP) is 3.45. The van der Waals surface area contributed by atoms with Crippen molar-refractivity contribution in [2.45, 2.75) is 26.7 Å². The summed E-state index contributed by atoms with van der Waals surface area (Å²) >= 11 is 0. The number of ether oxygens (including phenoxy) is 2. The molecule has 1 aromatic carbocycles. The van der Waals surface area contributed by atoms with E-state index >= 15 is 0 Å². The van der Waals surface area contributed by atoms with Crippen molar-refractivity contribution < 1.29 is 9.47 Å². The summed E-state index contributed by atoms with van der Waals surface area (Å²) in [7, 11) is 1.78. The molecule has 0 saturated heterocycles. The zero-order valence-corrected chi connectivity index (χ0v) is 19.2. The molecular weight excluding hydrogens is 467 g/mol. The first-order valence-electron chi connectivity index (χ1n) is 9.49. The molecule has 0 unspecified atom stereocenters. The van der Waals surface area contributed by atoms with E-state index in [1.807, 2.05) is 50.4 Å². The van der Waals surface area contributed by atoms with Gasteiger partial charge in [0.25, 0.3) is 0 Å². The van der Waals surface area contributed by atoms with Gasteiger partial charge in [0.05, 0.1) is 13.2 Å². The van der Waals surface area contributed by atoms with Crippen LogP contribution < -0.4 is 20.1 Å². The summed E-state index contributed by atoms with van der Waals surface area (Å²) in [5.41, 5.74) is 2.26. The molecule has 0 saturated carbocycles. The van der Waals surface area contributed by atoms with Gasteiger partial charge < -0.3 is 20.1 Å². The van der Waals surface area contributed by atoms with Crippen LogP contribution in [0.5, 0.6) is 11.5 Å². The van der Waals surface area contributed by atoms with Gasteiger partial charge in [0.2, 0.25) is 0 Å². The molecule has 0 fully saturated rings. The minimum atomic E-state index is 0. The second-order valence-electron chi connectivity index (χ2n) is 5.89. The topological polar surface area (TPSA) is 67.8 Å². The van der Waals surface area contributed by atoms with Gasteiger partial charge in [0.15, 0.2) is 17.5 Å². The lowest BCUT2D eigenvalue weighted by Crippen LogP contribution is -2.39. The van der Waals surface area contributed by atoms with Crippen LogP contribution in [-0.4, -0.2) is 44.3 Å². The minimum absolute atomic E-state index is 0. The summed E-state index contributed by atoms with van der Waals surface area (Å²) < 4.78 is 11.3. The SMILES string of the molecule is CCOc1ccc(CCNC(=NC)NCCc2ccccn2)cc1OCC.I. The molecular formula is C21H31IN4O2. The van der Waals surface area contributed by atoms with Crippen molar-refractivity contribution in [2.75, 3.05) is 33.4 Å². The van der Waals surface area contributed by atoms with Gasteiger partial charge in [-0.25, -0.2) is 0 Å². The largest absolute Gasteiger partial charge is 0.490 e. The fourth-order valence-corrected chi connectivity index (χ4v) is 2.65. The Morgan fingerprint density at radius 1 is 0.964 bits per heavy atom. The summed E-state index contributed by atoms with van der Waals surface area (Å²) in [5, 5.41) is 6.66. The van der Waals surface area contributed by atoms with E-state index in [0.717, 1.165) is 49.1 Å². The number of nitrogens with zero attached hydrogens (tertiary/aromatic N) is 2. The van der Waals surface area contributed by atoms with Crippen LogP contribution in [0, 0.1) is 0 Å². The highest BCUT2D eigenvalue weighted by atomic mass is 127. The molecule has 0 aliphatic rings. The number of guanidine groups is 1. The van der Waals surface area contributed by atoms with Crippen molar-refractivity contribution in [2.24, 2.45) is 4.99 Å². The maximum Gasteiger partial charge on any atom is 0.190 e. The van der Waals surface area contributed by atoms with E-state index in [1.165, 1.54) is 5.56 Å². The number of halogens is 1. The van der Waals surface area contributed by atoms with E-state index in [-0.39, 0.29) is 24.0 Å². The van der Waals surface area contributed by atoms with Crippen molar-refractivity contribution in [3.05, 3.63) is 53.9 Å². The molecule has 0 atom stereocenters. The zero-order chi connectivity index (χ0) is 19.3. The van der Waals surface area contributed by atoms with Crippen molar-refractivity contribution >= 4 is 29.9 Å². The Bertz CT molecular complexity index is 711. The monoisotopic (exact) mass is 498 g/mol. The van der Waals surface area contributed by atoms with Crippen molar-refractivity contribution in [1.82, 2.24) is 15.6 Å². The lowest BCUT2D eigenvalue weighted by Gasteiger charge is -2.14. The van der Waals surface area contributed by atoms with Crippen LogP contribution in [0.15, 0.2) is 47.6 Å². The minimum Gasteiger partial charge on any atom is -0.490 e. The smallest absolute Gasteiger partial charge is 0.190 e. The quantitative estimate of drug-likeness (QED) is 0.299. The predicted molar refractivity (Wildman–Crippen MR) is 125 cm³/mol. The van der Waals surface area contributed by atoms with E-state index in [2.05, 4.69) is 26.7 Å². The lowest BCUT2D eigenvalue weighted by molar-refractivity contribution is 0.287. The van der Waals surface area contributed by atoms with E-state index in [1.54, 1.807) is 7.05 Å². The number of rotatable bonds is 10. The number of benzene rings is 1. The van der Waals surface area contributed by atoms with Gasteiger partial charge in [-0.05, 0) is 50.1 Å². The Kier molecular flexibility index (Phi) is 12.0. The molecule has 0 amide bonds. The number of nitrogens with one attached hydrogen (secondary N) is 2. The van der Waals surface area contributed by atoms with E-state index < -0.39 is 0 Å². The molecule has 7 heteroatoms. The van der Waals surface area contributed by atoms with Gasteiger partial charge in [-0.3, -0.25) is 9.98 Å². The van der Waals surface area contributed by atoms with Gasteiger partial charge in [0.1, 0.15) is 0 Å². The third-order valence-electron chi connectivity index (χ3n) is 3.94. The first kappa shape index (κ1) is 24.0. The van der Waals surface area contributed by atoms with Crippen molar-refractivity contribution in [3.8, 4) is 11.5 Å². The maximum absolute atomic E-state index is 5.69. The average molecular weight is 498 g/mol. The number of hydrogen-bond donors (Lipinski definition) is 2. The van der Waals surface area contributed by atoms with Crippen molar-refractivity contribution in [1.29, 1.82) is 0 Å². The highest BCUT2D eigenvalue weighted by Crippen LogP contribution is 2.28. The van der Waals surface area contributed by atoms with Crippen LogP contribution in [0.3, 0.4) is 0 Å². The van der Waals surface area contributed by atoms with Crippen molar-refractivity contribution in [3.63, 3.8) is 0 Å². The van der Waals surface area contributed by atoms with Gasteiger partial charge in [0, 0.05) is 38.4 Å². The molecule has 2 aromatic rings. The van der Waals surface area contributed by atoms with E-state index in [0.29, 0.717) is 13.2 Å². The fraction of sp³-hybridized carbons (Fsp3) is 0.429. The molecule has 1 aromatic heterocycles. The van der Waals surface area contributed by atoms with Crippen LogP contribution >= 0.6 is 24.0 Å². The Labute approximate surface area is 185 Å². The molecule has 2 rings (SSSR count). The molecule has 0 radical (unpaired) electrons. The summed E-state index contributed by atoms with van der Waals surface area (Å²) in [4.78, 5) is 8.59. The van der Waals surface area contributed by atoms with Crippen LogP contribution in [0.1, 0.15) is 25.1 Å². The van der Waals surface area contributed by atoms with E-state index in [9.17, 15) is 0 Å². The molecule has 0 aliphatic carbocycles. The van der Waals surface area contributed by atoms with Gasteiger partial charge >= 0.3 is 0 Å². The summed E-state index contributed by atoms with van der Waals surface area (Å²) in [5.74, 6) is 2.39. The molecule has 0 bridgehead atoms. The number of aromatic nitrogens is 1. The Morgan fingerprint density at radius 2 is 1.68 bits per heavy atom. The average Bonchev–Trinajstić information content (AvgIpc) is 2.70. The highest BCUT2D eigenvalue weighted by molar-refractivity contribution is 14.0. The molecule has 6 nitrogen and oxygen atoms in total. The molecule has 1 heterocycles. The van der Waals surface area contributed by atoms with E-state index in [4.69, 9.17) is 9.47 Å². The molecule has 0 aliphatic heterocycles. The van der Waals surface area contributed by atoms with Gasteiger partial charge in [-0.2, -0.15) is 0 Å². The molecule has 0 spiro atoms. The first-order valence-corrected chi connectivity index (χ1v) is 9.49. The number of aliphatic imine (C=N–C) groups is 1. The number of pyridine rings is 1.